The van der Waals surface area contributed by atoms with Gasteiger partial charge in [0.25, 0.3) is 5.91 Å². The van der Waals surface area contributed by atoms with Gasteiger partial charge in [-0.15, -0.1) is 21.5 Å². The van der Waals surface area contributed by atoms with Gasteiger partial charge in [-0.25, -0.2) is 9.59 Å². The second-order valence-electron chi connectivity index (χ2n) is 9.64. The fourth-order valence-corrected chi connectivity index (χ4v) is 6.13. The van der Waals surface area contributed by atoms with Crippen molar-refractivity contribution in [3.63, 3.8) is 0 Å². The number of rotatable bonds is 16. The molecule has 0 unspecified atom stereocenters. The normalized spacial score (nSPS) is 11.4. The van der Waals surface area contributed by atoms with Crippen molar-refractivity contribution in [3.05, 3.63) is 45.6 Å². The highest BCUT2D eigenvalue weighted by Crippen LogP contribution is 2.35. The number of nitrogens with one attached hydrogen (secondary N) is 2. The lowest BCUT2D eigenvalue weighted by molar-refractivity contribution is -0.115. The molecule has 0 spiro atoms. The largest absolute Gasteiger partial charge is 0.497 e. The Kier molecular flexibility index (Phi) is 13.2. The summed E-state index contributed by atoms with van der Waals surface area (Å²) in [5.74, 6) is -0.474. The molecule has 0 saturated carbocycles. The van der Waals surface area contributed by atoms with Crippen molar-refractivity contribution < 1.29 is 38.1 Å². The van der Waals surface area contributed by atoms with Gasteiger partial charge in [-0.05, 0) is 51.8 Å². The minimum absolute atomic E-state index is 0.101. The molecule has 2 N–H and O–H groups in total. The molecule has 1 atom stereocenters. The van der Waals surface area contributed by atoms with E-state index in [0.29, 0.717) is 40.2 Å². The topological polar surface area (TPSA) is 160 Å². The summed E-state index contributed by atoms with van der Waals surface area (Å²) in [4.78, 5) is 51.8. The van der Waals surface area contributed by atoms with Gasteiger partial charge in [-0.2, -0.15) is 0 Å². The molecule has 13 nitrogen and oxygen atoms in total. The van der Waals surface area contributed by atoms with Crippen molar-refractivity contribution in [1.29, 1.82) is 0 Å². The number of esters is 2. The molecule has 2 aromatic heterocycles. The Bertz CT molecular complexity index is 1500. The zero-order valence-corrected chi connectivity index (χ0v) is 28.1. The van der Waals surface area contributed by atoms with Gasteiger partial charge in [0.1, 0.15) is 21.4 Å². The zero-order valence-electron chi connectivity index (χ0n) is 26.5. The minimum atomic E-state index is -0.662. The quantitative estimate of drug-likeness (QED) is 0.159. The maximum atomic E-state index is 13.3. The van der Waals surface area contributed by atoms with Crippen LogP contribution in [0.3, 0.4) is 0 Å². The molecule has 15 heteroatoms. The van der Waals surface area contributed by atoms with E-state index in [9.17, 15) is 19.2 Å². The van der Waals surface area contributed by atoms with Crippen molar-refractivity contribution in [2.45, 2.75) is 71.0 Å². The first-order valence-corrected chi connectivity index (χ1v) is 16.2. The summed E-state index contributed by atoms with van der Waals surface area (Å²) in [5.41, 5.74) is 0.863. The third kappa shape index (κ3) is 8.97. The number of aromatic nitrogens is 3. The predicted molar refractivity (Wildman–Crippen MR) is 171 cm³/mol. The Morgan fingerprint density at radius 2 is 1.62 bits per heavy atom. The molecule has 0 bridgehead atoms. The summed E-state index contributed by atoms with van der Waals surface area (Å²) in [6, 6.07) is 4.90. The smallest absolute Gasteiger partial charge is 0.348 e. The molecule has 3 aromatic rings. The highest BCUT2D eigenvalue weighted by molar-refractivity contribution is 8.00. The average Bonchev–Trinajstić information content (AvgIpc) is 3.57. The first-order valence-electron chi connectivity index (χ1n) is 14.5. The number of ether oxygens (including phenoxy) is 4. The van der Waals surface area contributed by atoms with Crippen LogP contribution in [0.1, 0.15) is 82.3 Å². The number of methoxy groups -OCH3 is 2. The van der Waals surface area contributed by atoms with Gasteiger partial charge in [0.15, 0.2) is 11.0 Å². The Balaban J connectivity index is 1.78. The SMILES string of the molecule is CCCCn1c(CNC(=O)c2cc(OC)cc(OC)c2)nnc1S[C@@H](C)C(=O)Nc1sc(C(=O)OCC)c(C)c1C(=O)OCC. The van der Waals surface area contributed by atoms with Crippen LogP contribution in [0, 0.1) is 6.92 Å². The second kappa shape index (κ2) is 16.8. The van der Waals surface area contributed by atoms with Crippen molar-refractivity contribution in [2.24, 2.45) is 0 Å². The molecule has 2 heterocycles. The van der Waals surface area contributed by atoms with E-state index < -0.39 is 23.1 Å². The molecule has 3 rings (SSSR count). The Morgan fingerprint density at radius 3 is 2.22 bits per heavy atom. The lowest BCUT2D eigenvalue weighted by Gasteiger charge is -2.14. The van der Waals surface area contributed by atoms with Gasteiger partial charge in [0.2, 0.25) is 5.91 Å². The van der Waals surface area contributed by atoms with Crippen LogP contribution >= 0.6 is 23.1 Å². The first-order chi connectivity index (χ1) is 21.6. The maximum Gasteiger partial charge on any atom is 0.348 e. The summed E-state index contributed by atoms with van der Waals surface area (Å²) in [6.07, 6.45) is 1.74. The molecule has 2 amide bonds. The van der Waals surface area contributed by atoms with Crippen molar-refractivity contribution in [2.75, 3.05) is 32.8 Å². The van der Waals surface area contributed by atoms with Crippen LogP contribution < -0.4 is 20.1 Å². The fraction of sp³-hybridized carbons (Fsp3) is 0.467. The first kappa shape index (κ1) is 35.4. The van der Waals surface area contributed by atoms with Crippen molar-refractivity contribution in [3.8, 4) is 11.5 Å². The molecule has 244 valence electrons. The Morgan fingerprint density at radius 1 is 0.978 bits per heavy atom. The van der Waals surface area contributed by atoms with Crippen LogP contribution in [-0.4, -0.2) is 71.2 Å². The van der Waals surface area contributed by atoms with Gasteiger partial charge >= 0.3 is 11.9 Å². The number of amides is 2. The molecule has 0 saturated heterocycles. The summed E-state index contributed by atoms with van der Waals surface area (Å²) < 4.78 is 22.7. The van der Waals surface area contributed by atoms with Crippen LogP contribution in [0.25, 0.3) is 0 Å². The molecular weight excluding hydrogens is 622 g/mol. The van der Waals surface area contributed by atoms with Gasteiger partial charge in [-0.1, -0.05) is 25.1 Å². The third-order valence-electron chi connectivity index (χ3n) is 6.52. The van der Waals surface area contributed by atoms with Crippen LogP contribution in [0.2, 0.25) is 0 Å². The van der Waals surface area contributed by atoms with Crippen LogP contribution in [0.4, 0.5) is 5.00 Å². The van der Waals surface area contributed by atoms with E-state index in [2.05, 4.69) is 27.8 Å². The number of carbonyl (C=O) groups excluding carboxylic acids is 4. The predicted octanol–water partition coefficient (Wildman–Crippen LogP) is 4.87. The van der Waals surface area contributed by atoms with E-state index in [1.807, 2.05) is 4.57 Å². The van der Waals surface area contributed by atoms with E-state index in [1.165, 1.54) is 26.0 Å². The Hall–Kier alpha value is -4.11. The highest BCUT2D eigenvalue weighted by Gasteiger charge is 2.29. The highest BCUT2D eigenvalue weighted by atomic mass is 32.2. The number of thioether (sulfide) groups is 1. The van der Waals surface area contributed by atoms with Crippen molar-refractivity contribution >= 4 is 51.9 Å². The summed E-state index contributed by atoms with van der Waals surface area (Å²) in [6.45, 7) is 9.71. The molecule has 1 aromatic carbocycles. The molecule has 45 heavy (non-hydrogen) atoms. The van der Waals surface area contributed by atoms with E-state index in [-0.39, 0.29) is 41.1 Å². The molecule has 0 aliphatic carbocycles. The van der Waals surface area contributed by atoms with Gasteiger partial charge in [0, 0.05) is 18.2 Å². The molecule has 0 fully saturated rings. The number of anilines is 1. The van der Waals surface area contributed by atoms with Crippen molar-refractivity contribution in [1.82, 2.24) is 20.1 Å². The van der Waals surface area contributed by atoms with E-state index in [1.54, 1.807) is 45.9 Å². The maximum absolute atomic E-state index is 13.3. The number of unbranched alkanes of at least 4 members (excludes halogenated alkanes) is 1. The molecular formula is C30H39N5O8S2. The minimum Gasteiger partial charge on any atom is -0.497 e. The number of hydrogen-bond acceptors (Lipinski definition) is 12. The lowest BCUT2D eigenvalue weighted by Crippen LogP contribution is -2.25. The standard InChI is InChI=1S/C30H39N5O8S2/c1-8-11-12-35-22(16-31-26(37)19-13-20(40-6)15-21(14-19)41-7)33-34-30(35)44-18(5)25(36)32-27-23(28(38)42-9-2)17(4)24(45-27)29(39)43-10-3/h13-15,18H,8-12,16H2,1-7H3,(H,31,37)(H,32,36)/t18-/m0/s1. The number of hydrogen-bond donors (Lipinski definition) is 2. The summed E-state index contributed by atoms with van der Waals surface area (Å²) in [5, 5.41) is 14.3. The van der Waals surface area contributed by atoms with Gasteiger partial charge in [-0.3, -0.25) is 9.59 Å². The second-order valence-corrected chi connectivity index (χ2v) is 12.0. The van der Waals surface area contributed by atoms with Crippen LogP contribution in [0.15, 0.2) is 23.4 Å². The summed E-state index contributed by atoms with van der Waals surface area (Å²) >= 11 is 2.15. The van der Waals surface area contributed by atoms with Crippen LogP contribution in [-0.2, 0) is 27.4 Å². The molecule has 0 radical (unpaired) electrons. The third-order valence-corrected chi connectivity index (χ3v) is 8.79. The van der Waals surface area contributed by atoms with E-state index in [0.717, 1.165) is 24.2 Å². The fourth-order valence-electron chi connectivity index (χ4n) is 4.14. The number of nitrogens with zero attached hydrogens (tertiary/aromatic N) is 3. The number of thiophene rings is 1. The van der Waals surface area contributed by atoms with E-state index >= 15 is 0 Å². The van der Waals surface area contributed by atoms with Gasteiger partial charge in [0.05, 0.1) is 44.8 Å². The Labute approximate surface area is 270 Å². The monoisotopic (exact) mass is 661 g/mol. The summed E-state index contributed by atoms with van der Waals surface area (Å²) in [7, 11) is 3.02. The van der Waals surface area contributed by atoms with Gasteiger partial charge < -0.3 is 34.1 Å². The van der Waals surface area contributed by atoms with Crippen LogP contribution in [0.5, 0.6) is 11.5 Å². The zero-order chi connectivity index (χ0) is 33.1. The molecule has 0 aliphatic heterocycles. The number of carbonyl (C=O) groups is 4. The number of benzene rings is 1. The lowest BCUT2D eigenvalue weighted by atomic mass is 10.1. The molecule has 0 aliphatic rings. The average molecular weight is 662 g/mol. The van der Waals surface area contributed by atoms with E-state index in [4.69, 9.17) is 18.9 Å².